The van der Waals surface area contributed by atoms with E-state index in [9.17, 15) is 31.1 Å². The molecule has 3 aromatic rings. The van der Waals surface area contributed by atoms with Crippen molar-refractivity contribution in [2.45, 2.75) is 42.2 Å². The van der Waals surface area contributed by atoms with Gasteiger partial charge in [-0.15, -0.1) is 0 Å². The molecule has 14 heteroatoms. The number of methoxy groups -OCH3 is 1. The van der Waals surface area contributed by atoms with Crippen LogP contribution in [-0.2, 0) is 31.3 Å². The van der Waals surface area contributed by atoms with E-state index in [1.165, 1.54) is 73.7 Å². The van der Waals surface area contributed by atoms with E-state index in [0.29, 0.717) is 11.3 Å². The van der Waals surface area contributed by atoms with Crippen LogP contribution in [0.5, 0.6) is 11.5 Å². The number of carbonyl (C=O) groups excluding carboxylic acids is 1. The molecule has 4 rings (SSSR count). The van der Waals surface area contributed by atoms with Crippen molar-refractivity contribution in [2.24, 2.45) is 5.92 Å². The average molecular weight is 650 g/mol. The van der Waals surface area contributed by atoms with Gasteiger partial charge in [0.05, 0.1) is 42.5 Å². The molecule has 0 saturated heterocycles. The third-order valence-electron chi connectivity index (χ3n) is 7.50. The Morgan fingerprint density at radius 3 is 2.32 bits per heavy atom. The maximum Gasteiger partial charge on any atom is 0.261 e. The van der Waals surface area contributed by atoms with E-state index in [-0.39, 0.29) is 53.3 Å². The van der Waals surface area contributed by atoms with Crippen LogP contribution in [0.1, 0.15) is 19.4 Å². The smallest absolute Gasteiger partial charge is 0.261 e. The summed E-state index contributed by atoms with van der Waals surface area (Å²) < 4.78 is 81.2. The highest BCUT2D eigenvalue weighted by atomic mass is 32.2. The lowest BCUT2D eigenvalue weighted by atomic mass is 10.0. The van der Waals surface area contributed by atoms with Gasteiger partial charge in [0.15, 0.2) is 0 Å². The number of ether oxygens (including phenoxy) is 2. The largest absolute Gasteiger partial charge is 0.497 e. The Morgan fingerprint density at radius 1 is 1.07 bits per heavy atom. The summed E-state index contributed by atoms with van der Waals surface area (Å²) in [4.78, 5) is 14.9. The summed E-state index contributed by atoms with van der Waals surface area (Å²) in [7, 11) is -5.13. The van der Waals surface area contributed by atoms with Crippen molar-refractivity contribution >= 4 is 31.6 Å². The lowest BCUT2D eigenvalue weighted by molar-refractivity contribution is -0.134. The number of anilines is 1. The fraction of sp³-hybridized carbons (Fsp3) is 0.367. The molecule has 0 fully saturated rings. The molecule has 1 aliphatic heterocycles. The Kier molecular flexibility index (Phi) is 10.2. The molecule has 1 aliphatic rings. The van der Waals surface area contributed by atoms with Crippen molar-refractivity contribution in [1.82, 2.24) is 9.21 Å². The van der Waals surface area contributed by atoms with Crippen LogP contribution in [0.25, 0.3) is 0 Å². The lowest BCUT2D eigenvalue weighted by Crippen LogP contribution is -2.48. The normalized spacial score (nSPS) is 18.4. The van der Waals surface area contributed by atoms with Gasteiger partial charge in [0.25, 0.3) is 10.0 Å². The number of sulfonamides is 2. The zero-order valence-corrected chi connectivity index (χ0v) is 26.4. The van der Waals surface area contributed by atoms with Crippen LogP contribution in [0, 0.1) is 11.7 Å². The molecular weight excluding hydrogens is 613 g/mol. The first-order chi connectivity index (χ1) is 20.7. The van der Waals surface area contributed by atoms with Gasteiger partial charge in [-0.05, 0) is 73.7 Å². The number of hydrogen-bond acceptors (Lipinski definition) is 8. The second kappa shape index (κ2) is 13.5. The van der Waals surface area contributed by atoms with Crippen molar-refractivity contribution in [1.29, 1.82) is 0 Å². The van der Waals surface area contributed by atoms with Crippen LogP contribution in [0.15, 0.2) is 76.5 Å². The summed E-state index contributed by atoms with van der Waals surface area (Å²) in [6.45, 7) is 3.28. The number of nitrogens with zero attached hydrogens (tertiary/aromatic N) is 2. The quantitative estimate of drug-likeness (QED) is 0.341. The number of fused-ring (bicyclic) bond motifs is 1. The second-order valence-corrected chi connectivity index (χ2v) is 14.5. The van der Waals surface area contributed by atoms with Gasteiger partial charge >= 0.3 is 0 Å². The minimum atomic E-state index is -4.01. The first-order valence-corrected chi connectivity index (χ1v) is 16.8. The number of hydrogen-bond donors (Lipinski definition) is 2. The molecule has 44 heavy (non-hydrogen) atoms. The topological polar surface area (TPSA) is 143 Å². The molecule has 238 valence electrons. The first kappa shape index (κ1) is 33.2. The number of halogens is 1. The summed E-state index contributed by atoms with van der Waals surface area (Å²) in [5.41, 5.74) is 0.570. The molecule has 1 amide bonds. The SMILES string of the molecule is COc1ccc(S(=O)(=O)Nc2ccc3c(c2)CC(=O)N([C@@H](C)CO)C[C@H](C)[C@@H](CN(C)S(=O)(=O)c2ccc(F)cc2)O3)cc1. The molecule has 3 atom stereocenters. The number of aliphatic hydroxyl groups is 1. The van der Waals surface area contributed by atoms with Crippen LogP contribution in [0.4, 0.5) is 10.1 Å². The molecule has 2 N–H and O–H groups in total. The van der Waals surface area contributed by atoms with Crippen LogP contribution < -0.4 is 14.2 Å². The molecule has 3 aromatic carbocycles. The van der Waals surface area contributed by atoms with Crippen molar-refractivity contribution in [3.8, 4) is 11.5 Å². The third-order valence-corrected chi connectivity index (χ3v) is 10.7. The molecule has 1 heterocycles. The highest BCUT2D eigenvalue weighted by molar-refractivity contribution is 7.92. The molecular formula is C30H36FN3O8S2. The van der Waals surface area contributed by atoms with Crippen molar-refractivity contribution < 1.29 is 40.6 Å². The van der Waals surface area contributed by atoms with Crippen LogP contribution in [-0.4, -0.2) is 83.1 Å². The zero-order valence-electron chi connectivity index (χ0n) is 24.8. The fourth-order valence-corrected chi connectivity index (χ4v) is 7.05. The molecule has 0 unspecified atom stereocenters. The number of likely N-dealkylation sites (N-methyl/N-ethyl adjacent to an activating group) is 1. The maximum atomic E-state index is 13.5. The van der Waals surface area contributed by atoms with E-state index in [1.807, 2.05) is 6.92 Å². The van der Waals surface area contributed by atoms with Crippen LogP contribution >= 0.6 is 0 Å². The first-order valence-electron chi connectivity index (χ1n) is 13.8. The Hall–Kier alpha value is -3.72. The Labute approximate surface area is 257 Å². The summed E-state index contributed by atoms with van der Waals surface area (Å²) in [5, 5.41) is 9.87. The van der Waals surface area contributed by atoms with Gasteiger partial charge in [-0.2, -0.15) is 4.31 Å². The number of benzene rings is 3. The average Bonchev–Trinajstić information content (AvgIpc) is 3.04. The molecule has 0 bridgehead atoms. The van der Waals surface area contributed by atoms with Gasteiger partial charge in [0.1, 0.15) is 23.4 Å². The Bertz CT molecular complexity index is 1680. The second-order valence-electron chi connectivity index (χ2n) is 10.7. The van der Waals surface area contributed by atoms with Crippen LogP contribution in [0.3, 0.4) is 0 Å². The van der Waals surface area contributed by atoms with E-state index < -0.39 is 43.9 Å². The monoisotopic (exact) mass is 649 g/mol. The summed E-state index contributed by atoms with van der Waals surface area (Å²) >= 11 is 0. The number of amides is 1. The van der Waals surface area contributed by atoms with Gasteiger partial charge in [-0.1, -0.05) is 6.92 Å². The van der Waals surface area contributed by atoms with E-state index in [4.69, 9.17) is 9.47 Å². The van der Waals surface area contributed by atoms with Crippen molar-refractivity contribution in [3.63, 3.8) is 0 Å². The Morgan fingerprint density at radius 2 is 1.70 bits per heavy atom. The molecule has 0 saturated carbocycles. The summed E-state index contributed by atoms with van der Waals surface area (Å²) in [6.07, 6.45) is -0.906. The summed E-state index contributed by atoms with van der Waals surface area (Å²) in [5.74, 6) is -0.485. The predicted molar refractivity (Wildman–Crippen MR) is 162 cm³/mol. The van der Waals surface area contributed by atoms with Gasteiger partial charge in [0, 0.05) is 30.8 Å². The van der Waals surface area contributed by atoms with E-state index in [0.717, 1.165) is 16.4 Å². The van der Waals surface area contributed by atoms with E-state index in [1.54, 1.807) is 6.92 Å². The minimum absolute atomic E-state index is 0.0106. The van der Waals surface area contributed by atoms with Gasteiger partial charge in [-0.25, -0.2) is 21.2 Å². The molecule has 0 radical (unpaired) electrons. The van der Waals surface area contributed by atoms with Crippen molar-refractivity contribution in [3.05, 3.63) is 78.1 Å². The number of rotatable bonds is 10. The van der Waals surface area contributed by atoms with Gasteiger partial charge in [0.2, 0.25) is 15.9 Å². The number of aliphatic hydroxyl groups excluding tert-OH is 1. The van der Waals surface area contributed by atoms with Crippen molar-refractivity contribution in [2.75, 3.05) is 38.6 Å². The fourth-order valence-electron chi connectivity index (χ4n) is 4.82. The molecule has 0 aliphatic carbocycles. The maximum absolute atomic E-state index is 13.5. The lowest BCUT2D eigenvalue weighted by Gasteiger charge is -2.33. The van der Waals surface area contributed by atoms with E-state index in [2.05, 4.69) is 4.72 Å². The highest BCUT2D eigenvalue weighted by Crippen LogP contribution is 2.31. The minimum Gasteiger partial charge on any atom is -0.497 e. The Balaban J connectivity index is 1.67. The standard InChI is InChI=1S/C30H36FN3O8S2/c1-20-17-34(21(2)19-35)30(36)16-22-15-24(32-43(37,38)26-12-8-25(41-4)9-13-26)7-14-28(22)42-29(20)18-33(3)44(39,40)27-10-5-23(31)6-11-27/h5-15,20-21,29,32,35H,16-19H2,1-4H3/t20-,21-,29+/m0/s1. The predicted octanol–water partition coefficient (Wildman–Crippen LogP) is 3.10. The third kappa shape index (κ3) is 7.49. The van der Waals surface area contributed by atoms with Crippen LogP contribution in [0.2, 0.25) is 0 Å². The summed E-state index contributed by atoms with van der Waals surface area (Å²) in [6, 6.07) is 14.4. The van der Waals surface area contributed by atoms with Gasteiger partial charge < -0.3 is 19.5 Å². The number of nitrogens with one attached hydrogen (secondary N) is 1. The zero-order chi connectivity index (χ0) is 32.2. The highest BCUT2D eigenvalue weighted by Gasteiger charge is 2.33. The van der Waals surface area contributed by atoms with Gasteiger partial charge in [-0.3, -0.25) is 9.52 Å². The molecule has 0 aromatic heterocycles. The van der Waals surface area contributed by atoms with E-state index >= 15 is 0 Å². The number of carbonyl (C=O) groups is 1. The molecule has 0 spiro atoms. The molecule has 11 nitrogen and oxygen atoms in total.